The summed E-state index contributed by atoms with van der Waals surface area (Å²) in [4.78, 5) is 19.4. The zero-order valence-electron chi connectivity index (χ0n) is 7.01. The molecule has 0 fully saturated rings. The number of carbonyl (C=O) groups is 1. The maximum Gasteiger partial charge on any atom is 0.472 e. The van der Waals surface area contributed by atoms with Gasteiger partial charge < -0.3 is 9.63 Å². The van der Waals surface area contributed by atoms with Gasteiger partial charge in [0.15, 0.2) is 6.10 Å². The smallest absolute Gasteiger partial charge is 0.467 e. The Bertz CT molecular complexity index is 202. The van der Waals surface area contributed by atoms with Crippen LogP contribution in [-0.4, -0.2) is 31.2 Å². The lowest BCUT2D eigenvalue weighted by Gasteiger charge is -2.13. The van der Waals surface area contributed by atoms with Crippen molar-refractivity contribution >= 4 is 13.8 Å². The molecule has 2 unspecified atom stereocenters. The van der Waals surface area contributed by atoms with Crippen LogP contribution in [-0.2, 0) is 23.1 Å². The Hall–Kier alpha value is -0.420. The fraction of sp³-hybridized carbons (Fsp3) is 0.800. The second-order valence-electron chi connectivity index (χ2n) is 1.92. The van der Waals surface area contributed by atoms with Crippen LogP contribution in [0.5, 0.6) is 0 Å². The molecule has 0 aromatic carbocycles. The quantitative estimate of drug-likeness (QED) is 0.517. The number of phosphoric acid groups is 1. The molecule has 0 aliphatic carbocycles. The molecular formula is C5H11O6P. The van der Waals surface area contributed by atoms with Crippen LogP contribution in [0.1, 0.15) is 6.92 Å². The molecule has 7 heteroatoms. The van der Waals surface area contributed by atoms with Gasteiger partial charge in [0.2, 0.25) is 0 Å². The first-order valence-electron chi connectivity index (χ1n) is 3.07. The van der Waals surface area contributed by atoms with E-state index in [1.807, 2.05) is 0 Å². The van der Waals surface area contributed by atoms with Gasteiger partial charge in [-0.2, -0.15) is 0 Å². The van der Waals surface area contributed by atoms with Crippen LogP contribution in [0.4, 0.5) is 0 Å². The summed E-state index contributed by atoms with van der Waals surface area (Å²) in [5.41, 5.74) is 0. The Morgan fingerprint density at radius 3 is 2.33 bits per heavy atom. The highest BCUT2D eigenvalue weighted by atomic mass is 31.2. The van der Waals surface area contributed by atoms with Crippen molar-refractivity contribution in [3.8, 4) is 0 Å². The summed E-state index contributed by atoms with van der Waals surface area (Å²) in [6.45, 7) is 1.29. The van der Waals surface area contributed by atoms with Crippen LogP contribution in [0.25, 0.3) is 0 Å². The van der Waals surface area contributed by atoms with Crippen molar-refractivity contribution in [2.45, 2.75) is 13.0 Å². The average Bonchev–Trinajstić information content (AvgIpc) is 2.02. The van der Waals surface area contributed by atoms with Gasteiger partial charge in [-0.1, -0.05) is 0 Å². The average molecular weight is 198 g/mol. The number of methoxy groups -OCH3 is 1. The van der Waals surface area contributed by atoms with Crippen molar-refractivity contribution in [1.82, 2.24) is 0 Å². The fourth-order valence-corrected chi connectivity index (χ4v) is 1.02. The highest BCUT2D eigenvalue weighted by Gasteiger charge is 2.26. The molecule has 0 amide bonds. The van der Waals surface area contributed by atoms with E-state index in [-0.39, 0.29) is 0 Å². The Morgan fingerprint density at radius 1 is 1.50 bits per heavy atom. The molecule has 0 aromatic rings. The first-order chi connectivity index (χ1) is 5.43. The van der Waals surface area contributed by atoms with Crippen LogP contribution in [0.2, 0.25) is 0 Å². The van der Waals surface area contributed by atoms with Crippen LogP contribution in [0.15, 0.2) is 0 Å². The number of esters is 1. The second-order valence-corrected chi connectivity index (χ2v) is 3.44. The zero-order valence-corrected chi connectivity index (χ0v) is 7.91. The number of ether oxygens (including phenoxy) is 1. The molecule has 0 bridgehead atoms. The number of hydrogen-bond donors (Lipinski definition) is 1. The van der Waals surface area contributed by atoms with E-state index in [0.717, 1.165) is 14.2 Å². The van der Waals surface area contributed by atoms with Gasteiger partial charge >= 0.3 is 13.8 Å². The minimum atomic E-state index is -4.10. The van der Waals surface area contributed by atoms with Crippen LogP contribution in [0.3, 0.4) is 0 Å². The lowest BCUT2D eigenvalue weighted by atomic mass is 10.4. The van der Waals surface area contributed by atoms with Crippen molar-refractivity contribution in [2.24, 2.45) is 0 Å². The van der Waals surface area contributed by atoms with E-state index in [2.05, 4.69) is 13.8 Å². The molecule has 0 aliphatic rings. The summed E-state index contributed by atoms with van der Waals surface area (Å²) in [6.07, 6.45) is -1.12. The number of hydrogen-bond acceptors (Lipinski definition) is 5. The Kier molecular flexibility index (Phi) is 4.41. The minimum Gasteiger partial charge on any atom is -0.467 e. The summed E-state index contributed by atoms with van der Waals surface area (Å²) < 4.78 is 23.4. The predicted octanol–water partition coefficient (Wildman–Crippen LogP) is 0.311. The topological polar surface area (TPSA) is 82.1 Å². The van der Waals surface area contributed by atoms with E-state index < -0.39 is 19.9 Å². The van der Waals surface area contributed by atoms with Gasteiger partial charge in [-0.15, -0.1) is 0 Å². The van der Waals surface area contributed by atoms with Gasteiger partial charge in [0, 0.05) is 7.11 Å². The number of carbonyl (C=O) groups excluding carboxylic acids is 1. The van der Waals surface area contributed by atoms with Gasteiger partial charge in [-0.25, -0.2) is 9.36 Å². The van der Waals surface area contributed by atoms with Crippen molar-refractivity contribution < 1.29 is 28.0 Å². The minimum absolute atomic E-state index is 0.735. The van der Waals surface area contributed by atoms with E-state index in [9.17, 15) is 9.36 Å². The monoisotopic (exact) mass is 198 g/mol. The molecule has 0 aliphatic heterocycles. The number of rotatable bonds is 4. The molecule has 2 atom stereocenters. The molecule has 0 saturated carbocycles. The van der Waals surface area contributed by atoms with E-state index in [4.69, 9.17) is 4.89 Å². The molecule has 0 aromatic heterocycles. The summed E-state index contributed by atoms with van der Waals surface area (Å²) in [6, 6.07) is 0. The van der Waals surface area contributed by atoms with Gasteiger partial charge in [0.1, 0.15) is 0 Å². The molecule has 0 saturated heterocycles. The molecule has 0 rings (SSSR count). The zero-order chi connectivity index (χ0) is 9.78. The van der Waals surface area contributed by atoms with E-state index in [1.165, 1.54) is 6.92 Å². The molecule has 6 nitrogen and oxygen atoms in total. The first kappa shape index (κ1) is 11.6. The van der Waals surface area contributed by atoms with Gasteiger partial charge in [-0.05, 0) is 6.92 Å². The third kappa shape index (κ3) is 3.82. The standard InChI is InChI=1S/C5H11O6P/c1-4(5(6)9-2)11-12(7,8)10-3/h4H,1-3H3,(H,7,8). The van der Waals surface area contributed by atoms with Gasteiger partial charge in [-0.3, -0.25) is 9.05 Å². The third-order valence-electron chi connectivity index (χ3n) is 1.06. The Morgan fingerprint density at radius 2 is 2.00 bits per heavy atom. The highest BCUT2D eigenvalue weighted by Crippen LogP contribution is 2.43. The SMILES string of the molecule is COC(=O)C(C)OP(=O)(O)OC. The molecule has 72 valence electrons. The molecule has 12 heavy (non-hydrogen) atoms. The first-order valence-corrected chi connectivity index (χ1v) is 4.57. The predicted molar refractivity (Wildman–Crippen MR) is 39.4 cm³/mol. The number of phosphoric ester groups is 1. The van der Waals surface area contributed by atoms with Gasteiger partial charge in [0.25, 0.3) is 0 Å². The Balaban J connectivity index is 4.09. The van der Waals surface area contributed by atoms with E-state index in [0.29, 0.717) is 0 Å². The molecule has 0 spiro atoms. The second kappa shape index (κ2) is 4.57. The largest absolute Gasteiger partial charge is 0.472 e. The van der Waals surface area contributed by atoms with E-state index >= 15 is 0 Å². The third-order valence-corrected chi connectivity index (χ3v) is 2.10. The maximum atomic E-state index is 10.7. The van der Waals surface area contributed by atoms with Crippen molar-refractivity contribution in [3.63, 3.8) is 0 Å². The summed E-state index contributed by atoms with van der Waals surface area (Å²) >= 11 is 0. The molecular weight excluding hydrogens is 187 g/mol. The van der Waals surface area contributed by atoms with Crippen molar-refractivity contribution in [2.75, 3.05) is 14.2 Å². The fourth-order valence-electron chi connectivity index (χ4n) is 0.452. The van der Waals surface area contributed by atoms with Crippen LogP contribution < -0.4 is 0 Å². The molecule has 1 N–H and O–H groups in total. The van der Waals surface area contributed by atoms with Crippen LogP contribution >= 0.6 is 7.82 Å². The summed E-state index contributed by atoms with van der Waals surface area (Å²) in [7, 11) is -1.94. The summed E-state index contributed by atoms with van der Waals surface area (Å²) in [5, 5.41) is 0. The van der Waals surface area contributed by atoms with E-state index in [1.54, 1.807) is 0 Å². The van der Waals surface area contributed by atoms with Crippen LogP contribution in [0, 0.1) is 0 Å². The molecule has 0 radical (unpaired) electrons. The van der Waals surface area contributed by atoms with Gasteiger partial charge in [0.05, 0.1) is 7.11 Å². The van der Waals surface area contributed by atoms with Crippen molar-refractivity contribution in [1.29, 1.82) is 0 Å². The normalized spacial score (nSPS) is 18.0. The lowest BCUT2D eigenvalue weighted by molar-refractivity contribution is -0.148. The lowest BCUT2D eigenvalue weighted by Crippen LogP contribution is -2.21. The Labute approximate surface area is 70.0 Å². The van der Waals surface area contributed by atoms with Crippen molar-refractivity contribution in [3.05, 3.63) is 0 Å². The highest BCUT2D eigenvalue weighted by molar-refractivity contribution is 7.47. The maximum absolute atomic E-state index is 10.7. The molecule has 0 heterocycles. The summed E-state index contributed by atoms with van der Waals surface area (Å²) in [5.74, 6) is -0.735.